The zero-order chi connectivity index (χ0) is 22.2. The molecule has 0 saturated carbocycles. The first-order valence-corrected chi connectivity index (χ1v) is 9.51. The van der Waals surface area contributed by atoms with Gasteiger partial charge in [0.05, 0.1) is 11.6 Å². The third-order valence-corrected chi connectivity index (χ3v) is 5.25. The number of urea groups is 1. The predicted molar refractivity (Wildman–Crippen MR) is 106 cm³/mol. The van der Waals surface area contributed by atoms with E-state index in [1.165, 1.54) is 35.2 Å². The minimum atomic E-state index is -4.81. The van der Waals surface area contributed by atoms with Gasteiger partial charge in [0.25, 0.3) is 0 Å². The van der Waals surface area contributed by atoms with Crippen LogP contribution < -0.4 is 5.32 Å². The van der Waals surface area contributed by atoms with Gasteiger partial charge in [-0.3, -0.25) is 0 Å². The summed E-state index contributed by atoms with van der Waals surface area (Å²) in [4.78, 5) is 14.4. The van der Waals surface area contributed by atoms with Crippen molar-refractivity contribution in [3.63, 3.8) is 0 Å². The molecule has 8 heteroatoms. The average molecular weight is 432 g/mol. The normalized spacial score (nSPS) is 16.0. The fourth-order valence-corrected chi connectivity index (χ4v) is 3.80. The number of anilines is 1. The van der Waals surface area contributed by atoms with E-state index in [9.17, 15) is 26.7 Å². The zero-order valence-corrected chi connectivity index (χ0v) is 16.1. The molecule has 160 valence electrons. The van der Waals surface area contributed by atoms with E-state index in [-0.39, 0.29) is 12.1 Å². The maximum atomic E-state index is 14.3. The molecule has 0 aliphatic carbocycles. The van der Waals surface area contributed by atoms with Crippen molar-refractivity contribution in [3.05, 3.63) is 101 Å². The van der Waals surface area contributed by atoms with E-state index in [1.54, 1.807) is 12.1 Å². The molecule has 1 heterocycles. The maximum absolute atomic E-state index is 14.3. The largest absolute Gasteiger partial charge is 0.419 e. The summed E-state index contributed by atoms with van der Waals surface area (Å²) in [5, 5.41) is 2.67. The third-order valence-electron chi connectivity index (χ3n) is 5.25. The van der Waals surface area contributed by atoms with E-state index in [1.807, 2.05) is 12.1 Å². The molecule has 0 spiro atoms. The topological polar surface area (TPSA) is 32.3 Å². The lowest BCUT2D eigenvalue weighted by molar-refractivity contribution is -0.140. The lowest BCUT2D eigenvalue weighted by atomic mass is 9.88. The fourth-order valence-electron chi connectivity index (χ4n) is 3.80. The van der Waals surface area contributed by atoms with Gasteiger partial charge in [0, 0.05) is 12.2 Å². The first kappa shape index (κ1) is 20.8. The third kappa shape index (κ3) is 4.23. The Kier molecular flexibility index (Phi) is 5.39. The molecule has 1 aliphatic rings. The van der Waals surface area contributed by atoms with E-state index >= 15 is 0 Å². The second-order valence-electron chi connectivity index (χ2n) is 7.22. The molecule has 0 aromatic heterocycles. The molecule has 2 amide bonds. The van der Waals surface area contributed by atoms with E-state index in [2.05, 4.69) is 5.32 Å². The molecular formula is C23H17F5N2O. The van der Waals surface area contributed by atoms with Gasteiger partial charge in [-0.05, 0) is 59.5 Å². The predicted octanol–water partition coefficient (Wildman–Crippen LogP) is 6.16. The molecule has 0 fully saturated rings. The SMILES string of the molecule is O=C(Nc1ccc(F)cc1)N1CCc2ccccc2C1c1ccc(C(F)(F)F)c(F)c1. The molecule has 1 unspecified atom stereocenters. The Hall–Kier alpha value is -3.42. The lowest BCUT2D eigenvalue weighted by Gasteiger charge is -2.37. The Balaban J connectivity index is 1.72. The first-order valence-electron chi connectivity index (χ1n) is 9.51. The van der Waals surface area contributed by atoms with Crippen LogP contribution in [0.5, 0.6) is 0 Å². The molecule has 1 N–H and O–H groups in total. The average Bonchev–Trinajstić information content (AvgIpc) is 2.73. The van der Waals surface area contributed by atoms with Crippen LogP contribution in [0.4, 0.5) is 32.4 Å². The van der Waals surface area contributed by atoms with Gasteiger partial charge in [-0.1, -0.05) is 30.3 Å². The van der Waals surface area contributed by atoms with E-state index in [4.69, 9.17) is 0 Å². The first-order chi connectivity index (χ1) is 14.7. The van der Waals surface area contributed by atoms with Crippen molar-refractivity contribution in [2.45, 2.75) is 18.6 Å². The highest BCUT2D eigenvalue weighted by atomic mass is 19.4. The summed E-state index contributed by atoms with van der Waals surface area (Å²) >= 11 is 0. The van der Waals surface area contributed by atoms with E-state index in [0.29, 0.717) is 23.7 Å². The van der Waals surface area contributed by atoms with Gasteiger partial charge >= 0.3 is 12.2 Å². The second kappa shape index (κ2) is 8.02. The molecule has 3 nitrogen and oxygen atoms in total. The minimum Gasteiger partial charge on any atom is -0.313 e. The number of rotatable bonds is 2. The quantitative estimate of drug-likeness (QED) is 0.483. The highest BCUT2D eigenvalue weighted by Crippen LogP contribution is 2.38. The van der Waals surface area contributed by atoms with Crippen LogP contribution in [0.3, 0.4) is 0 Å². The molecule has 3 aromatic rings. The monoisotopic (exact) mass is 432 g/mol. The van der Waals surface area contributed by atoms with Crippen molar-refractivity contribution in [2.75, 3.05) is 11.9 Å². The molecule has 4 rings (SSSR count). The summed E-state index contributed by atoms with van der Waals surface area (Å²) in [6, 6.07) is 13.8. The highest BCUT2D eigenvalue weighted by Gasteiger charge is 2.36. The van der Waals surface area contributed by atoms with Gasteiger partial charge in [-0.15, -0.1) is 0 Å². The van der Waals surface area contributed by atoms with Crippen molar-refractivity contribution in [3.8, 4) is 0 Å². The summed E-state index contributed by atoms with van der Waals surface area (Å²) in [5.41, 5.74) is 0.873. The number of amides is 2. The van der Waals surface area contributed by atoms with Gasteiger partial charge in [0.1, 0.15) is 11.6 Å². The summed E-state index contributed by atoms with van der Waals surface area (Å²) in [6.45, 7) is 0.275. The van der Waals surface area contributed by atoms with Gasteiger partial charge in [0.15, 0.2) is 0 Å². The summed E-state index contributed by atoms with van der Waals surface area (Å²) in [5.74, 6) is -1.85. The lowest BCUT2D eigenvalue weighted by Crippen LogP contribution is -2.43. The minimum absolute atomic E-state index is 0.229. The maximum Gasteiger partial charge on any atom is 0.419 e. The smallest absolute Gasteiger partial charge is 0.313 e. The van der Waals surface area contributed by atoms with E-state index < -0.39 is 35.4 Å². The van der Waals surface area contributed by atoms with Crippen LogP contribution in [0.15, 0.2) is 66.7 Å². The molecule has 1 aliphatic heterocycles. The van der Waals surface area contributed by atoms with Crippen LogP contribution >= 0.6 is 0 Å². The van der Waals surface area contributed by atoms with Crippen LogP contribution in [-0.2, 0) is 12.6 Å². The molecule has 0 saturated heterocycles. The van der Waals surface area contributed by atoms with Crippen molar-refractivity contribution in [1.82, 2.24) is 4.90 Å². The van der Waals surface area contributed by atoms with Crippen LogP contribution in [0.2, 0.25) is 0 Å². The summed E-state index contributed by atoms with van der Waals surface area (Å²) < 4.78 is 66.4. The Bertz CT molecular complexity index is 1110. The molecule has 0 radical (unpaired) electrons. The standard InChI is InChI=1S/C23H17F5N2O/c24-16-6-8-17(9-7-16)29-22(31)30-12-11-14-3-1-2-4-18(14)21(30)15-5-10-19(20(25)13-15)23(26,27)28/h1-10,13,21H,11-12H2,(H,29,31). The van der Waals surface area contributed by atoms with Gasteiger partial charge in [-0.2, -0.15) is 13.2 Å². The number of fused-ring (bicyclic) bond motifs is 1. The van der Waals surface area contributed by atoms with Crippen molar-refractivity contribution < 1.29 is 26.7 Å². The summed E-state index contributed by atoms with van der Waals surface area (Å²) in [7, 11) is 0. The fraction of sp³-hybridized carbons (Fsp3) is 0.174. The van der Waals surface area contributed by atoms with Gasteiger partial charge < -0.3 is 10.2 Å². The Morgan fingerprint density at radius 1 is 0.968 bits per heavy atom. The van der Waals surface area contributed by atoms with Crippen LogP contribution in [-0.4, -0.2) is 17.5 Å². The summed E-state index contributed by atoms with van der Waals surface area (Å²) in [6.07, 6.45) is -4.28. The number of nitrogens with one attached hydrogen (secondary N) is 1. The van der Waals surface area contributed by atoms with Crippen LogP contribution in [0.25, 0.3) is 0 Å². The number of halogens is 5. The molecular weight excluding hydrogens is 415 g/mol. The highest BCUT2D eigenvalue weighted by molar-refractivity contribution is 5.90. The number of benzene rings is 3. The molecule has 31 heavy (non-hydrogen) atoms. The number of carbonyl (C=O) groups excluding carboxylic acids is 1. The number of hydrogen-bond acceptors (Lipinski definition) is 1. The second-order valence-corrected chi connectivity index (χ2v) is 7.22. The zero-order valence-electron chi connectivity index (χ0n) is 16.1. The Morgan fingerprint density at radius 3 is 2.35 bits per heavy atom. The van der Waals surface area contributed by atoms with Crippen molar-refractivity contribution in [1.29, 1.82) is 0 Å². The van der Waals surface area contributed by atoms with Gasteiger partial charge in [0.2, 0.25) is 0 Å². The van der Waals surface area contributed by atoms with Crippen molar-refractivity contribution in [2.24, 2.45) is 0 Å². The Morgan fingerprint density at radius 2 is 1.68 bits per heavy atom. The molecule has 3 aromatic carbocycles. The van der Waals surface area contributed by atoms with Gasteiger partial charge in [-0.25, -0.2) is 13.6 Å². The number of nitrogens with zero attached hydrogens (tertiary/aromatic N) is 1. The number of hydrogen-bond donors (Lipinski definition) is 1. The molecule has 0 bridgehead atoms. The Labute approximate surface area is 175 Å². The number of carbonyl (C=O) groups is 1. The number of alkyl halides is 3. The van der Waals surface area contributed by atoms with Crippen LogP contribution in [0.1, 0.15) is 28.3 Å². The molecule has 1 atom stereocenters. The van der Waals surface area contributed by atoms with E-state index in [0.717, 1.165) is 11.6 Å². The van der Waals surface area contributed by atoms with Crippen LogP contribution in [0, 0.1) is 11.6 Å². The van der Waals surface area contributed by atoms with Crippen molar-refractivity contribution >= 4 is 11.7 Å².